The molecule has 0 fully saturated rings. The van der Waals surface area contributed by atoms with E-state index in [-0.39, 0.29) is 0 Å². The molecule has 0 aliphatic rings. The Labute approximate surface area is 130 Å². The molecule has 0 aliphatic heterocycles. The summed E-state index contributed by atoms with van der Waals surface area (Å²) in [5, 5.41) is 3.11. The number of unbranched alkanes of at least 4 members (excludes halogenated alkanes) is 2. The van der Waals surface area contributed by atoms with Gasteiger partial charge in [-0.3, -0.25) is 14.9 Å². The molecule has 5 nitrogen and oxygen atoms in total. The van der Waals surface area contributed by atoms with Crippen LogP contribution >= 0.6 is 11.3 Å². The lowest BCUT2D eigenvalue weighted by Gasteiger charge is -2.21. The molecule has 21 heavy (non-hydrogen) atoms. The van der Waals surface area contributed by atoms with Crippen LogP contribution in [0.5, 0.6) is 0 Å². The predicted molar refractivity (Wildman–Crippen MR) is 86.6 cm³/mol. The summed E-state index contributed by atoms with van der Waals surface area (Å²) in [5.74, 6) is -1.04. The van der Waals surface area contributed by atoms with Crippen LogP contribution in [0.15, 0.2) is 0 Å². The molecule has 118 valence electrons. The van der Waals surface area contributed by atoms with Gasteiger partial charge in [0.25, 0.3) is 0 Å². The van der Waals surface area contributed by atoms with Gasteiger partial charge in [-0.25, -0.2) is 4.98 Å². The molecule has 0 unspecified atom stereocenters. The van der Waals surface area contributed by atoms with E-state index in [1.807, 2.05) is 13.8 Å². The Bertz CT molecular complexity index is 458. The van der Waals surface area contributed by atoms with E-state index in [1.54, 1.807) is 4.90 Å². The van der Waals surface area contributed by atoms with E-state index in [0.29, 0.717) is 18.2 Å². The van der Waals surface area contributed by atoms with Crippen molar-refractivity contribution >= 4 is 28.3 Å². The molecular formula is C15H25N3O2S. The number of aromatic nitrogens is 1. The van der Waals surface area contributed by atoms with Crippen molar-refractivity contribution < 1.29 is 9.59 Å². The zero-order chi connectivity index (χ0) is 15.8. The Morgan fingerprint density at radius 2 is 1.71 bits per heavy atom. The average molecular weight is 311 g/mol. The molecule has 0 atom stereocenters. The fourth-order valence-corrected chi connectivity index (χ4v) is 2.64. The zero-order valence-electron chi connectivity index (χ0n) is 13.4. The largest absolute Gasteiger partial charge is 0.334 e. The Morgan fingerprint density at radius 1 is 1.14 bits per heavy atom. The van der Waals surface area contributed by atoms with E-state index in [0.717, 1.165) is 36.3 Å². The monoisotopic (exact) mass is 311 g/mol. The highest BCUT2D eigenvalue weighted by Gasteiger charge is 2.22. The second-order valence-corrected chi connectivity index (χ2v) is 6.32. The molecule has 1 aromatic rings. The quantitative estimate of drug-likeness (QED) is 0.787. The molecule has 0 radical (unpaired) electrons. The van der Waals surface area contributed by atoms with Gasteiger partial charge in [0.15, 0.2) is 5.13 Å². The number of nitrogens with zero attached hydrogens (tertiary/aromatic N) is 2. The second-order valence-electron chi connectivity index (χ2n) is 5.11. The lowest BCUT2D eigenvalue weighted by molar-refractivity contribution is -0.143. The first-order chi connectivity index (χ1) is 9.99. The normalized spacial score (nSPS) is 10.5. The summed E-state index contributed by atoms with van der Waals surface area (Å²) in [4.78, 5) is 31.2. The summed E-state index contributed by atoms with van der Waals surface area (Å²) in [5.41, 5.74) is 0.886. The first kappa shape index (κ1) is 17.6. The minimum absolute atomic E-state index is 0.456. The van der Waals surface area contributed by atoms with E-state index in [9.17, 15) is 9.59 Å². The molecule has 0 saturated heterocycles. The summed E-state index contributed by atoms with van der Waals surface area (Å²) in [6.07, 6.45) is 3.83. The minimum atomic E-state index is -0.587. The van der Waals surface area contributed by atoms with Crippen LogP contribution in [0.3, 0.4) is 0 Å². The average Bonchev–Trinajstić information content (AvgIpc) is 2.76. The van der Waals surface area contributed by atoms with Crippen molar-refractivity contribution in [3.8, 4) is 0 Å². The van der Waals surface area contributed by atoms with Gasteiger partial charge in [0.2, 0.25) is 0 Å². The Balaban J connectivity index is 2.65. The van der Waals surface area contributed by atoms with Gasteiger partial charge in [0.05, 0.1) is 5.69 Å². The van der Waals surface area contributed by atoms with Gasteiger partial charge < -0.3 is 4.90 Å². The molecule has 1 N–H and O–H groups in total. The maximum absolute atomic E-state index is 12.2. The van der Waals surface area contributed by atoms with Crippen LogP contribution < -0.4 is 5.32 Å². The van der Waals surface area contributed by atoms with Crippen LogP contribution in [0.1, 0.15) is 50.1 Å². The van der Waals surface area contributed by atoms with E-state index >= 15 is 0 Å². The fourth-order valence-electron chi connectivity index (χ4n) is 1.83. The molecule has 1 aromatic heterocycles. The van der Waals surface area contributed by atoms with Crippen molar-refractivity contribution in [3.05, 3.63) is 10.6 Å². The highest BCUT2D eigenvalue weighted by atomic mass is 32.1. The maximum atomic E-state index is 12.2. The lowest BCUT2D eigenvalue weighted by Crippen LogP contribution is -2.40. The van der Waals surface area contributed by atoms with Gasteiger partial charge >= 0.3 is 11.8 Å². The minimum Gasteiger partial charge on any atom is -0.334 e. The highest BCUT2D eigenvalue weighted by molar-refractivity contribution is 7.15. The van der Waals surface area contributed by atoms with Crippen molar-refractivity contribution in [2.24, 2.45) is 0 Å². The van der Waals surface area contributed by atoms with Crippen LogP contribution in [-0.4, -0.2) is 34.8 Å². The van der Waals surface area contributed by atoms with Crippen LogP contribution in [0, 0.1) is 13.8 Å². The van der Waals surface area contributed by atoms with E-state index < -0.39 is 11.8 Å². The summed E-state index contributed by atoms with van der Waals surface area (Å²) >= 11 is 1.39. The summed E-state index contributed by atoms with van der Waals surface area (Å²) in [6, 6.07) is 0. The molecule has 0 spiro atoms. The number of nitrogens with one attached hydrogen (secondary N) is 1. The zero-order valence-corrected chi connectivity index (χ0v) is 14.2. The Morgan fingerprint density at radius 3 is 2.14 bits per heavy atom. The summed E-state index contributed by atoms with van der Waals surface area (Å²) in [6.45, 7) is 9.25. The van der Waals surface area contributed by atoms with Crippen molar-refractivity contribution in [2.45, 2.75) is 53.4 Å². The third kappa shape index (κ3) is 5.46. The number of anilines is 1. The second kappa shape index (κ2) is 8.77. The third-order valence-electron chi connectivity index (χ3n) is 3.29. The van der Waals surface area contributed by atoms with Gasteiger partial charge in [-0.1, -0.05) is 26.7 Å². The highest BCUT2D eigenvalue weighted by Crippen LogP contribution is 2.21. The van der Waals surface area contributed by atoms with Gasteiger partial charge in [0, 0.05) is 18.0 Å². The maximum Gasteiger partial charge on any atom is 0.315 e. The Kier molecular flexibility index (Phi) is 7.36. The van der Waals surface area contributed by atoms with Crippen LogP contribution in [0.25, 0.3) is 0 Å². The van der Waals surface area contributed by atoms with Crippen molar-refractivity contribution in [2.75, 3.05) is 18.4 Å². The standard InChI is InChI=1S/C15H25N3O2S/c1-5-7-9-18(10-8-6-2)14(20)13(19)17-15-16-11(3)12(4)21-15/h5-10H2,1-4H3,(H,16,17,19). The van der Waals surface area contributed by atoms with Gasteiger partial charge in [-0.15, -0.1) is 11.3 Å². The molecule has 1 rings (SSSR count). The van der Waals surface area contributed by atoms with Crippen LogP contribution in [0.4, 0.5) is 5.13 Å². The predicted octanol–water partition coefficient (Wildman–Crippen LogP) is 3.13. The molecular weight excluding hydrogens is 286 g/mol. The first-order valence-electron chi connectivity index (χ1n) is 7.53. The molecule has 6 heteroatoms. The number of aryl methyl sites for hydroxylation is 2. The molecule has 2 amide bonds. The number of hydrogen-bond acceptors (Lipinski definition) is 4. The van der Waals surface area contributed by atoms with Gasteiger partial charge in [-0.05, 0) is 26.7 Å². The van der Waals surface area contributed by atoms with Crippen LogP contribution in [-0.2, 0) is 9.59 Å². The number of amides is 2. The SMILES string of the molecule is CCCCN(CCCC)C(=O)C(=O)Nc1nc(C)c(C)s1. The smallest absolute Gasteiger partial charge is 0.315 e. The van der Waals surface area contributed by atoms with Gasteiger partial charge in [0.1, 0.15) is 0 Å². The van der Waals surface area contributed by atoms with Crippen molar-refractivity contribution in [3.63, 3.8) is 0 Å². The van der Waals surface area contributed by atoms with Gasteiger partial charge in [-0.2, -0.15) is 0 Å². The van der Waals surface area contributed by atoms with Crippen molar-refractivity contribution in [1.82, 2.24) is 9.88 Å². The number of carbonyl (C=O) groups is 2. The number of hydrogen-bond donors (Lipinski definition) is 1. The molecule has 1 heterocycles. The molecule has 0 bridgehead atoms. The Hall–Kier alpha value is -1.43. The fraction of sp³-hybridized carbons (Fsp3) is 0.667. The van der Waals surface area contributed by atoms with E-state index in [4.69, 9.17) is 0 Å². The number of thiazole rings is 1. The third-order valence-corrected chi connectivity index (χ3v) is 4.28. The summed E-state index contributed by atoms with van der Waals surface area (Å²) in [7, 11) is 0. The summed E-state index contributed by atoms with van der Waals surface area (Å²) < 4.78 is 0. The molecule has 0 saturated carbocycles. The molecule has 0 aliphatic carbocycles. The molecule has 0 aromatic carbocycles. The van der Waals surface area contributed by atoms with Crippen molar-refractivity contribution in [1.29, 1.82) is 0 Å². The lowest BCUT2D eigenvalue weighted by atomic mass is 10.2. The topological polar surface area (TPSA) is 62.3 Å². The van der Waals surface area contributed by atoms with Crippen LogP contribution in [0.2, 0.25) is 0 Å². The number of rotatable bonds is 7. The number of carbonyl (C=O) groups excluding carboxylic acids is 2. The first-order valence-corrected chi connectivity index (χ1v) is 8.35. The van der Waals surface area contributed by atoms with E-state index in [2.05, 4.69) is 24.1 Å². The van der Waals surface area contributed by atoms with E-state index in [1.165, 1.54) is 11.3 Å².